The Morgan fingerprint density at radius 2 is 2.50 bits per heavy atom. The molecule has 0 radical (unpaired) electrons. The summed E-state index contributed by atoms with van der Waals surface area (Å²) in [5, 5.41) is 0. The molecule has 0 fully saturated rings. The number of aromatic nitrogens is 1. The van der Waals surface area contributed by atoms with Gasteiger partial charge in [0.1, 0.15) is 12.2 Å². The van der Waals surface area contributed by atoms with E-state index in [2.05, 4.69) is 4.98 Å². The van der Waals surface area contributed by atoms with Gasteiger partial charge >= 0.3 is 5.97 Å². The molecule has 0 amide bonds. The first-order chi connectivity index (χ1) is 5.72. The summed E-state index contributed by atoms with van der Waals surface area (Å²) < 4.78 is 9.80. The molecule has 0 saturated carbocycles. The Balaban J connectivity index is 2.46. The molecular weight excluding hydrogens is 158 g/mol. The zero-order valence-corrected chi connectivity index (χ0v) is 7.16. The van der Waals surface area contributed by atoms with Crippen molar-refractivity contribution in [3.63, 3.8) is 0 Å². The van der Waals surface area contributed by atoms with E-state index >= 15 is 0 Å². The van der Waals surface area contributed by atoms with Gasteiger partial charge in [-0.1, -0.05) is 0 Å². The van der Waals surface area contributed by atoms with E-state index in [9.17, 15) is 4.79 Å². The van der Waals surface area contributed by atoms with Crippen LogP contribution in [0.4, 0.5) is 0 Å². The zero-order valence-electron chi connectivity index (χ0n) is 7.16. The van der Waals surface area contributed by atoms with Crippen LogP contribution in [0, 0.1) is 6.92 Å². The first kappa shape index (κ1) is 8.77. The lowest BCUT2D eigenvalue weighted by Gasteiger charge is -1.96. The second-order valence-electron chi connectivity index (χ2n) is 2.35. The second kappa shape index (κ2) is 3.90. The lowest BCUT2D eigenvalue weighted by molar-refractivity contribution is -0.142. The van der Waals surface area contributed by atoms with Crippen molar-refractivity contribution in [1.82, 2.24) is 4.98 Å². The molecular formula is C8H11NO3. The minimum atomic E-state index is -0.306. The third kappa shape index (κ3) is 2.38. The predicted molar refractivity (Wildman–Crippen MR) is 41.6 cm³/mol. The first-order valence-corrected chi connectivity index (χ1v) is 3.79. The largest absolute Gasteiger partial charge is 0.466 e. The van der Waals surface area contributed by atoms with Crippen molar-refractivity contribution in [3.8, 4) is 0 Å². The molecule has 0 saturated heterocycles. The van der Waals surface area contributed by atoms with Gasteiger partial charge in [0.15, 0.2) is 0 Å². The molecule has 66 valence electrons. The molecule has 0 spiro atoms. The standard InChI is InChI=1S/C8H11NO3/c1-3-11-8(10)4-7-9-5-6(2)12-7/h5H,3-4H2,1-2H3. The van der Waals surface area contributed by atoms with Gasteiger partial charge in [0, 0.05) is 0 Å². The van der Waals surface area contributed by atoms with E-state index in [1.54, 1.807) is 20.0 Å². The van der Waals surface area contributed by atoms with E-state index in [1.165, 1.54) is 0 Å². The molecule has 0 N–H and O–H groups in total. The highest BCUT2D eigenvalue weighted by atomic mass is 16.5. The predicted octanol–water partition coefficient (Wildman–Crippen LogP) is 1.09. The summed E-state index contributed by atoms with van der Waals surface area (Å²) in [5.41, 5.74) is 0. The minimum Gasteiger partial charge on any atom is -0.466 e. The summed E-state index contributed by atoms with van der Waals surface area (Å²) in [6, 6.07) is 0. The molecule has 0 aliphatic rings. The van der Waals surface area contributed by atoms with Crippen LogP contribution in [0.5, 0.6) is 0 Å². The normalized spacial score (nSPS) is 9.83. The van der Waals surface area contributed by atoms with Gasteiger partial charge in [0.2, 0.25) is 5.89 Å². The third-order valence-corrected chi connectivity index (χ3v) is 1.27. The Kier molecular flexibility index (Phi) is 2.85. The van der Waals surface area contributed by atoms with Gasteiger partial charge in [0.05, 0.1) is 12.8 Å². The molecule has 4 nitrogen and oxygen atoms in total. The van der Waals surface area contributed by atoms with Gasteiger partial charge in [-0.3, -0.25) is 4.79 Å². The molecule has 0 aliphatic carbocycles. The highest BCUT2D eigenvalue weighted by Gasteiger charge is 2.07. The van der Waals surface area contributed by atoms with Gasteiger partial charge in [-0.2, -0.15) is 0 Å². The topological polar surface area (TPSA) is 52.3 Å². The van der Waals surface area contributed by atoms with Crippen molar-refractivity contribution >= 4 is 5.97 Å². The number of nitrogens with zero attached hydrogens (tertiary/aromatic N) is 1. The quantitative estimate of drug-likeness (QED) is 0.635. The van der Waals surface area contributed by atoms with E-state index in [-0.39, 0.29) is 12.4 Å². The maximum absolute atomic E-state index is 10.9. The molecule has 0 aliphatic heterocycles. The minimum absolute atomic E-state index is 0.113. The van der Waals surface area contributed by atoms with E-state index in [0.29, 0.717) is 18.3 Å². The number of ether oxygens (including phenoxy) is 1. The van der Waals surface area contributed by atoms with Crippen molar-refractivity contribution in [2.24, 2.45) is 0 Å². The Morgan fingerprint density at radius 1 is 1.75 bits per heavy atom. The number of carbonyl (C=O) groups is 1. The van der Waals surface area contributed by atoms with Crippen LogP contribution in [0.15, 0.2) is 10.6 Å². The molecule has 1 rings (SSSR count). The second-order valence-corrected chi connectivity index (χ2v) is 2.35. The van der Waals surface area contributed by atoms with Gasteiger partial charge in [0.25, 0.3) is 0 Å². The highest BCUT2D eigenvalue weighted by molar-refractivity contribution is 5.71. The fraction of sp³-hybridized carbons (Fsp3) is 0.500. The lowest BCUT2D eigenvalue weighted by Crippen LogP contribution is -2.07. The number of oxazole rings is 1. The number of aryl methyl sites for hydroxylation is 1. The molecule has 0 aromatic carbocycles. The molecule has 0 bridgehead atoms. The summed E-state index contributed by atoms with van der Waals surface area (Å²) >= 11 is 0. The number of hydrogen-bond acceptors (Lipinski definition) is 4. The molecule has 1 aromatic rings. The average molecular weight is 169 g/mol. The monoisotopic (exact) mass is 169 g/mol. The van der Waals surface area contributed by atoms with Gasteiger partial charge in [-0.05, 0) is 13.8 Å². The molecule has 1 aromatic heterocycles. The maximum Gasteiger partial charge on any atom is 0.315 e. The lowest BCUT2D eigenvalue weighted by atomic mass is 10.4. The fourth-order valence-corrected chi connectivity index (χ4v) is 0.819. The van der Waals surface area contributed by atoms with Gasteiger partial charge < -0.3 is 9.15 Å². The van der Waals surface area contributed by atoms with Crippen LogP contribution in [0.2, 0.25) is 0 Å². The van der Waals surface area contributed by atoms with E-state index < -0.39 is 0 Å². The van der Waals surface area contributed by atoms with E-state index in [4.69, 9.17) is 9.15 Å². The summed E-state index contributed by atoms with van der Waals surface area (Å²) in [6.45, 7) is 3.93. The van der Waals surface area contributed by atoms with Gasteiger partial charge in [-0.15, -0.1) is 0 Å². The van der Waals surface area contributed by atoms with Crippen LogP contribution in [-0.2, 0) is 16.0 Å². The summed E-state index contributed by atoms with van der Waals surface area (Å²) in [7, 11) is 0. The smallest absolute Gasteiger partial charge is 0.315 e. The molecule has 4 heteroatoms. The molecule has 0 atom stereocenters. The van der Waals surface area contributed by atoms with Crippen LogP contribution < -0.4 is 0 Å². The van der Waals surface area contributed by atoms with Crippen molar-refractivity contribution in [3.05, 3.63) is 17.8 Å². The number of carbonyl (C=O) groups excluding carboxylic acids is 1. The third-order valence-electron chi connectivity index (χ3n) is 1.27. The van der Waals surface area contributed by atoms with Gasteiger partial charge in [-0.25, -0.2) is 4.98 Å². The Hall–Kier alpha value is -1.32. The van der Waals surface area contributed by atoms with Crippen molar-refractivity contribution in [2.45, 2.75) is 20.3 Å². The Labute approximate surface area is 70.5 Å². The highest BCUT2D eigenvalue weighted by Crippen LogP contribution is 2.02. The summed E-state index contributed by atoms with van der Waals surface area (Å²) in [4.78, 5) is 14.8. The molecule has 12 heavy (non-hydrogen) atoms. The maximum atomic E-state index is 10.9. The molecule has 1 heterocycles. The van der Waals surface area contributed by atoms with Crippen molar-refractivity contribution in [1.29, 1.82) is 0 Å². The summed E-state index contributed by atoms with van der Waals surface area (Å²) in [5.74, 6) is 0.805. The van der Waals surface area contributed by atoms with E-state index in [1.807, 2.05) is 0 Å². The van der Waals surface area contributed by atoms with Crippen LogP contribution >= 0.6 is 0 Å². The Morgan fingerprint density at radius 3 is 3.00 bits per heavy atom. The number of hydrogen-bond donors (Lipinski definition) is 0. The van der Waals surface area contributed by atoms with Crippen LogP contribution in [0.1, 0.15) is 18.6 Å². The van der Waals surface area contributed by atoms with E-state index in [0.717, 1.165) is 0 Å². The molecule has 0 unspecified atom stereocenters. The van der Waals surface area contributed by atoms with Crippen LogP contribution in [-0.4, -0.2) is 17.6 Å². The SMILES string of the molecule is CCOC(=O)Cc1ncc(C)o1. The fourth-order valence-electron chi connectivity index (χ4n) is 0.819. The Bertz CT molecular complexity index is 267. The average Bonchev–Trinajstić information content (AvgIpc) is 2.36. The zero-order chi connectivity index (χ0) is 8.97. The first-order valence-electron chi connectivity index (χ1n) is 3.79. The number of rotatable bonds is 3. The van der Waals surface area contributed by atoms with Crippen molar-refractivity contribution in [2.75, 3.05) is 6.61 Å². The number of esters is 1. The van der Waals surface area contributed by atoms with Crippen molar-refractivity contribution < 1.29 is 13.9 Å². The summed E-state index contributed by atoms with van der Waals surface area (Å²) in [6.07, 6.45) is 1.69. The van der Waals surface area contributed by atoms with Crippen LogP contribution in [0.3, 0.4) is 0 Å². The van der Waals surface area contributed by atoms with Crippen LogP contribution in [0.25, 0.3) is 0 Å².